The molecule has 9 heteroatoms. The molecule has 2 aliphatic rings. The lowest BCUT2D eigenvalue weighted by molar-refractivity contribution is -0.127. The third-order valence-corrected chi connectivity index (χ3v) is 7.02. The maximum Gasteiger partial charge on any atom is 0.407 e. The van der Waals surface area contributed by atoms with Crippen molar-refractivity contribution in [3.8, 4) is 11.3 Å². The maximum atomic E-state index is 13.2. The van der Waals surface area contributed by atoms with Crippen LogP contribution in [0.15, 0.2) is 30.5 Å². The zero-order valence-electron chi connectivity index (χ0n) is 22.1. The van der Waals surface area contributed by atoms with Gasteiger partial charge in [-0.25, -0.2) is 9.78 Å². The number of amides is 3. The van der Waals surface area contributed by atoms with Gasteiger partial charge in [0.05, 0.1) is 17.4 Å². The highest BCUT2D eigenvalue weighted by Gasteiger charge is 2.29. The first-order chi connectivity index (χ1) is 17.7. The van der Waals surface area contributed by atoms with Crippen LogP contribution in [0.5, 0.6) is 0 Å². The number of H-pyrrole nitrogens is 1. The van der Waals surface area contributed by atoms with Crippen molar-refractivity contribution in [3.63, 3.8) is 0 Å². The minimum atomic E-state index is -0.516. The Hall–Kier alpha value is -3.36. The molecule has 0 saturated heterocycles. The number of fused-ring (bicyclic) bond motifs is 4. The first-order valence-electron chi connectivity index (χ1n) is 13.4. The van der Waals surface area contributed by atoms with E-state index in [1.165, 1.54) is 0 Å². The zero-order valence-corrected chi connectivity index (χ0v) is 22.1. The van der Waals surface area contributed by atoms with Gasteiger partial charge < -0.3 is 25.7 Å². The van der Waals surface area contributed by atoms with Gasteiger partial charge in [0.1, 0.15) is 11.4 Å². The maximum absolute atomic E-state index is 13.2. The molecule has 0 spiro atoms. The van der Waals surface area contributed by atoms with Crippen molar-refractivity contribution in [1.82, 2.24) is 20.6 Å². The number of carbonyl (C=O) groups excluding carboxylic acids is 3. The molecule has 2 aromatic rings. The summed E-state index contributed by atoms with van der Waals surface area (Å²) in [6.07, 6.45) is 7.48. The Balaban J connectivity index is 1.35. The number of ether oxygens (including phenoxy) is 1. The molecule has 1 atom stereocenters. The minimum Gasteiger partial charge on any atom is -0.444 e. The van der Waals surface area contributed by atoms with Gasteiger partial charge in [-0.15, -0.1) is 0 Å². The Kier molecular flexibility index (Phi) is 8.51. The zero-order chi connectivity index (χ0) is 26.4. The van der Waals surface area contributed by atoms with E-state index in [4.69, 9.17) is 9.72 Å². The van der Waals surface area contributed by atoms with Gasteiger partial charge in [-0.05, 0) is 71.3 Å². The molecule has 1 saturated carbocycles. The summed E-state index contributed by atoms with van der Waals surface area (Å²) in [4.78, 5) is 45.7. The second-order valence-corrected chi connectivity index (χ2v) is 11.2. The second kappa shape index (κ2) is 11.8. The van der Waals surface area contributed by atoms with Crippen LogP contribution in [0.4, 0.5) is 10.5 Å². The monoisotopic (exact) mass is 509 g/mol. The van der Waals surface area contributed by atoms with Crippen molar-refractivity contribution in [2.75, 3.05) is 11.9 Å². The molecular formula is C28H39N5O4. The number of imidazole rings is 1. The molecule has 3 amide bonds. The Morgan fingerprint density at radius 3 is 2.59 bits per heavy atom. The molecule has 0 radical (unpaired) electrons. The predicted octanol–water partition coefficient (Wildman–Crippen LogP) is 5.08. The Labute approximate surface area is 218 Å². The van der Waals surface area contributed by atoms with Crippen LogP contribution in [0.1, 0.15) is 84.0 Å². The average Bonchev–Trinajstić information content (AvgIpc) is 3.34. The van der Waals surface area contributed by atoms with Crippen LogP contribution in [0, 0.1) is 11.8 Å². The van der Waals surface area contributed by atoms with Gasteiger partial charge in [0.15, 0.2) is 0 Å². The third-order valence-electron chi connectivity index (χ3n) is 7.02. The molecule has 9 nitrogen and oxygen atoms in total. The minimum absolute atomic E-state index is 0.0118. The van der Waals surface area contributed by atoms with Crippen LogP contribution in [0.2, 0.25) is 0 Å². The number of benzene rings is 1. The van der Waals surface area contributed by atoms with E-state index in [-0.39, 0.29) is 23.8 Å². The van der Waals surface area contributed by atoms with Crippen molar-refractivity contribution < 1.29 is 19.1 Å². The van der Waals surface area contributed by atoms with Crippen LogP contribution in [0.25, 0.3) is 11.3 Å². The normalized spacial score (nSPS) is 22.5. The number of rotatable bonds is 4. The van der Waals surface area contributed by atoms with Gasteiger partial charge in [0.2, 0.25) is 11.8 Å². The largest absolute Gasteiger partial charge is 0.444 e. The molecule has 37 heavy (non-hydrogen) atoms. The van der Waals surface area contributed by atoms with Gasteiger partial charge in [-0.1, -0.05) is 24.6 Å². The smallest absolute Gasteiger partial charge is 0.407 e. The van der Waals surface area contributed by atoms with Crippen LogP contribution in [0.3, 0.4) is 0 Å². The van der Waals surface area contributed by atoms with Crippen molar-refractivity contribution in [2.45, 2.75) is 83.8 Å². The van der Waals surface area contributed by atoms with Crippen LogP contribution >= 0.6 is 0 Å². The Bertz CT molecular complexity index is 1100. The first-order valence-corrected chi connectivity index (χ1v) is 13.4. The quantitative estimate of drug-likeness (QED) is 0.458. The van der Waals surface area contributed by atoms with Gasteiger partial charge >= 0.3 is 6.09 Å². The summed E-state index contributed by atoms with van der Waals surface area (Å²) in [5.41, 5.74) is 1.81. The lowest BCUT2D eigenvalue weighted by Gasteiger charge is -2.29. The van der Waals surface area contributed by atoms with E-state index < -0.39 is 11.7 Å². The number of nitrogens with zero attached hydrogens (tertiary/aromatic N) is 1. The average molecular weight is 510 g/mol. The first kappa shape index (κ1) is 26.7. The lowest BCUT2D eigenvalue weighted by Crippen LogP contribution is -2.39. The molecule has 1 aromatic carbocycles. The summed E-state index contributed by atoms with van der Waals surface area (Å²) in [5.74, 6) is 1.06. The lowest BCUT2D eigenvalue weighted by atomic mass is 9.81. The number of aromatic amines is 1. The van der Waals surface area contributed by atoms with Crippen molar-refractivity contribution in [1.29, 1.82) is 0 Å². The molecule has 1 unspecified atom stereocenters. The number of alkyl carbamates (subject to hydrolysis) is 1. The van der Waals surface area contributed by atoms with Crippen molar-refractivity contribution >= 4 is 23.6 Å². The summed E-state index contributed by atoms with van der Waals surface area (Å²) >= 11 is 0. The number of aromatic nitrogens is 2. The van der Waals surface area contributed by atoms with Gasteiger partial charge in [-0.2, -0.15) is 0 Å². The molecule has 1 aliphatic carbocycles. The van der Waals surface area contributed by atoms with Crippen LogP contribution < -0.4 is 16.0 Å². The summed E-state index contributed by atoms with van der Waals surface area (Å²) < 4.78 is 5.31. The molecule has 4 N–H and O–H groups in total. The topological polar surface area (TPSA) is 125 Å². The summed E-state index contributed by atoms with van der Waals surface area (Å²) in [6.45, 7) is 6.10. The van der Waals surface area contributed by atoms with Crippen molar-refractivity contribution in [3.05, 3.63) is 36.3 Å². The summed E-state index contributed by atoms with van der Waals surface area (Å²) in [7, 11) is 0. The fourth-order valence-corrected chi connectivity index (χ4v) is 5.05. The van der Waals surface area contributed by atoms with E-state index in [0.29, 0.717) is 25.3 Å². The molecule has 1 fully saturated rings. The molecule has 1 aliphatic heterocycles. The number of carbonyl (C=O) groups is 3. The Morgan fingerprint density at radius 1 is 1.08 bits per heavy atom. The summed E-state index contributed by atoms with van der Waals surface area (Å²) in [5, 5.41) is 9.10. The third kappa shape index (κ3) is 7.57. The second-order valence-electron chi connectivity index (χ2n) is 11.2. The molecule has 2 heterocycles. The number of nitrogens with one attached hydrogen (secondary N) is 4. The molecular weight excluding hydrogens is 470 g/mol. The van der Waals surface area contributed by atoms with Gasteiger partial charge in [-0.3, -0.25) is 9.59 Å². The summed E-state index contributed by atoms with van der Waals surface area (Å²) in [6, 6.07) is 7.40. The van der Waals surface area contributed by atoms with Gasteiger partial charge in [0, 0.05) is 30.6 Å². The number of para-hydroxylation sites is 1. The van der Waals surface area contributed by atoms with E-state index in [1.807, 2.05) is 51.2 Å². The highest BCUT2D eigenvalue weighted by molar-refractivity contribution is 5.95. The molecule has 4 rings (SSSR count). The van der Waals surface area contributed by atoms with E-state index in [9.17, 15) is 14.4 Å². The standard InChI is InChI=1S/C28H39N5O4/c1-28(2,3)37-27(36)30-16-18-12-14-19(15-13-18)26(35)33-22-10-6-7-11-24(34)31-21-9-5-4-8-20(21)23-17-29-25(22)32-23/h4-5,8-9,17-19,22H,6-7,10-16H2,1-3H3,(H,29,32)(H,30,36)(H,31,34)(H,33,35). The highest BCUT2D eigenvalue weighted by atomic mass is 16.6. The fraction of sp³-hybridized carbons (Fsp3) is 0.571. The van der Waals surface area contributed by atoms with E-state index in [2.05, 4.69) is 20.9 Å². The number of hydrogen-bond acceptors (Lipinski definition) is 5. The van der Waals surface area contributed by atoms with Gasteiger partial charge in [0.25, 0.3) is 0 Å². The molecule has 200 valence electrons. The van der Waals surface area contributed by atoms with Crippen molar-refractivity contribution in [2.24, 2.45) is 11.8 Å². The van der Waals surface area contributed by atoms with E-state index in [0.717, 1.165) is 61.3 Å². The molecule has 1 aromatic heterocycles. The van der Waals surface area contributed by atoms with E-state index in [1.54, 1.807) is 0 Å². The van der Waals surface area contributed by atoms with Crippen LogP contribution in [-0.4, -0.2) is 40.0 Å². The number of hydrogen-bond donors (Lipinski definition) is 4. The predicted molar refractivity (Wildman–Crippen MR) is 142 cm³/mol. The SMILES string of the molecule is CC(C)(C)OC(=O)NCC1CCC(C(=O)NC2CCCCC(=O)Nc3ccccc3-c3c[nH]c2n3)CC1. The van der Waals surface area contributed by atoms with Crippen LogP contribution in [-0.2, 0) is 14.3 Å². The molecule has 2 bridgehead atoms. The Morgan fingerprint density at radius 2 is 1.84 bits per heavy atom. The number of anilines is 1. The fourth-order valence-electron chi connectivity index (χ4n) is 5.05. The highest BCUT2D eigenvalue weighted by Crippen LogP contribution is 2.32. The van der Waals surface area contributed by atoms with E-state index >= 15 is 0 Å².